The van der Waals surface area contributed by atoms with Crippen molar-refractivity contribution in [3.05, 3.63) is 0 Å². The van der Waals surface area contributed by atoms with E-state index in [9.17, 15) is 21.6 Å². The van der Waals surface area contributed by atoms with Gasteiger partial charge >= 0.3 is 193 Å². The van der Waals surface area contributed by atoms with Crippen LogP contribution in [0.4, 0.5) is 4.79 Å². The van der Waals surface area contributed by atoms with Crippen LogP contribution in [0, 0.1) is 0 Å². The van der Waals surface area contributed by atoms with Crippen LogP contribution < -0.4 is 0 Å². The molecule has 0 spiro atoms. The molecule has 0 saturated carbocycles. The Bertz CT molecular complexity index is 358. The van der Waals surface area contributed by atoms with Crippen LogP contribution >= 0.6 is 0 Å². The third kappa shape index (κ3) is 27.0. The molecule has 0 aliphatic rings. The molecule has 0 aromatic heterocycles. The quantitative estimate of drug-likeness (QED) is 0.339. The third-order valence-corrected chi connectivity index (χ3v) is 1.04. The zero-order valence-electron chi connectivity index (χ0n) is 15.9. The summed E-state index contributed by atoms with van der Waals surface area (Å²) >= 11 is 0. The zero-order valence-corrected chi connectivity index (χ0v) is 20.9. The van der Waals surface area contributed by atoms with E-state index >= 15 is 0 Å². The predicted molar refractivity (Wildman–Crippen MR) is 62.6 cm³/mol. The molecule has 0 aliphatic carbocycles. The van der Waals surface area contributed by atoms with Crippen molar-refractivity contribution in [1.82, 2.24) is 0 Å². The van der Waals surface area contributed by atoms with Crippen molar-refractivity contribution < 1.29 is 50.5 Å². The molecule has 88 valence electrons. The fourth-order valence-electron chi connectivity index (χ4n) is 0.186. The average Bonchev–Trinajstić information content (AvgIpc) is 1.49. The molecule has 0 unspecified atom stereocenters. The second kappa shape index (κ2) is 14.5. The van der Waals surface area contributed by atoms with Gasteiger partial charge < -0.3 is 11.4 Å². The fraction of sp³-hybridized carbons (Fsp3) is 0. The van der Waals surface area contributed by atoms with Crippen molar-refractivity contribution in [1.29, 1.82) is 0 Å². The van der Waals surface area contributed by atoms with E-state index in [-0.39, 0.29) is 178 Å². The number of carbonyl (C=O) groups is 1. The molecule has 0 saturated heterocycles. The van der Waals surface area contributed by atoms with E-state index in [0.717, 1.165) is 0 Å². The molecule has 16 heavy (non-hydrogen) atoms. The smallest absolute Gasteiger partial charge is 1.00 e. The fourth-order valence-corrected chi connectivity index (χ4v) is 0.641. The van der Waals surface area contributed by atoms with Crippen molar-refractivity contribution in [2.45, 2.75) is 0 Å². The molecular formula is CH10Ca2O9S2Sr2. The van der Waals surface area contributed by atoms with Gasteiger partial charge in [0.25, 0.3) is 0 Å². The minimum absolute atomic E-state index is 0. The second-order valence-electron chi connectivity index (χ2n) is 1.27. The van der Waals surface area contributed by atoms with Gasteiger partial charge in [0.2, 0.25) is 0 Å². The Balaban J connectivity index is -0.00000000917. The van der Waals surface area contributed by atoms with E-state index < -0.39 is 27.0 Å². The van der Waals surface area contributed by atoms with E-state index in [1.54, 1.807) is 0 Å². The summed E-state index contributed by atoms with van der Waals surface area (Å²) in [7, 11) is -10.3. The van der Waals surface area contributed by atoms with Crippen LogP contribution in [0.1, 0.15) is 11.4 Å². The van der Waals surface area contributed by atoms with Gasteiger partial charge in [-0.2, -0.15) is 16.8 Å². The summed E-state index contributed by atoms with van der Waals surface area (Å²) in [5, 5.41) is 0. The number of hydrogen-bond donors (Lipinski definition) is 2. The Labute approximate surface area is 238 Å². The Morgan fingerprint density at radius 2 is 1.06 bits per heavy atom. The van der Waals surface area contributed by atoms with Crippen molar-refractivity contribution >= 4 is 193 Å². The number of rotatable bonds is 2. The molecule has 2 N–H and O–H groups in total. The molecule has 0 aromatic carbocycles. The van der Waals surface area contributed by atoms with Gasteiger partial charge in [-0.1, -0.05) is 0 Å². The predicted octanol–water partition coefficient (Wildman–Crippen LogP) is -1.88. The first-order valence-corrected chi connectivity index (χ1v) is 4.71. The molecule has 0 aromatic rings. The second-order valence-corrected chi connectivity index (χ2v) is 3.32. The molecule has 0 fully saturated rings. The summed E-state index contributed by atoms with van der Waals surface area (Å²) < 4.78 is 60.1. The van der Waals surface area contributed by atoms with Gasteiger partial charge in [0, 0.05) is 0 Å². The molecule has 0 rings (SSSR count). The van der Waals surface area contributed by atoms with Crippen molar-refractivity contribution in [3.63, 3.8) is 0 Å². The average molecular weight is 486 g/mol. The van der Waals surface area contributed by atoms with Gasteiger partial charge in [0.15, 0.2) is 0 Å². The molecule has 0 atom stereocenters. The molecular weight excluding hydrogens is 476 g/mol. The van der Waals surface area contributed by atoms with Gasteiger partial charge in [-0.25, -0.2) is 4.79 Å². The van der Waals surface area contributed by atoms with Crippen LogP contribution in [0.2, 0.25) is 0 Å². The largest absolute Gasteiger partial charge is 2.00 e. The standard InChI is InChI=1S/CH2O9S2.2Ca.2Sr.8H/c2-1(9-11(3,4)5)10-12(6,7)8;;;;;;;;;;;;/h(H,3,4,5)(H,6,7,8);;;;;;;;;;;;/q;4*+2;8*-1. The first kappa shape index (κ1) is 32.5. The summed E-state index contributed by atoms with van der Waals surface area (Å²) in [5.41, 5.74) is 0. The topological polar surface area (TPSA) is 144 Å². The molecule has 0 amide bonds. The molecule has 9 nitrogen and oxygen atoms in total. The van der Waals surface area contributed by atoms with Gasteiger partial charge in [-0.05, 0) is 0 Å². The minimum atomic E-state index is -5.15. The first-order chi connectivity index (χ1) is 5.10. The molecule has 0 bridgehead atoms. The summed E-state index contributed by atoms with van der Waals surface area (Å²) in [6.07, 6.45) is -2.29. The van der Waals surface area contributed by atoms with Crippen LogP contribution in [0.5, 0.6) is 0 Å². The maximum Gasteiger partial charge on any atom is 2.00 e. The normalized spacial score (nSPS) is 9.12. The van der Waals surface area contributed by atoms with Gasteiger partial charge in [-0.3, -0.25) is 17.5 Å². The van der Waals surface area contributed by atoms with Crippen LogP contribution in [-0.4, -0.2) is 199 Å². The Kier molecular flexibility index (Phi) is 29.5. The van der Waals surface area contributed by atoms with E-state index in [1.165, 1.54) is 0 Å². The third-order valence-electron chi connectivity index (χ3n) is 0.347. The Morgan fingerprint density at radius 1 is 0.875 bits per heavy atom. The van der Waals surface area contributed by atoms with Gasteiger partial charge in [0.1, 0.15) is 0 Å². The van der Waals surface area contributed by atoms with Crippen LogP contribution in [0.15, 0.2) is 0 Å². The van der Waals surface area contributed by atoms with E-state index in [0.29, 0.717) is 0 Å². The van der Waals surface area contributed by atoms with Gasteiger partial charge in [-0.15, -0.1) is 0 Å². The van der Waals surface area contributed by atoms with Crippen molar-refractivity contribution in [2.24, 2.45) is 0 Å². The van der Waals surface area contributed by atoms with Crippen molar-refractivity contribution in [3.8, 4) is 0 Å². The minimum Gasteiger partial charge on any atom is -1.00 e. The monoisotopic (exact) mass is 486 g/mol. The number of hydrogen-bond acceptors (Lipinski definition) is 7. The zero-order chi connectivity index (χ0) is 9.99. The summed E-state index contributed by atoms with van der Waals surface area (Å²) in [5.74, 6) is 0. The first-order valence-electron chi connectivity index (χ1n) is 1.98. The number of carbonyl (C=O) groups excluding carboxylic acids is 1. The summed E-state index contributed by atoms with van der Waals surface area (Å²) in [6.45, 7) is 0. The van der Waals surface area contributed by atoms with Crippen molar-refractivity contribution in [2.75, 3.05) is 0 Å². The molecule has 0 radical (unpaired) electrons. The van der Waals surface area contributed by atoms with Gasteiger partial charge in [0.05, 0.1) is 0 Å². The van der Waals surface area contributed by atoms with E-state index in [4.69, 9.17) is 9.11 Å². The summed E-state index contributed by atoms with van der Waals surface area (Å²) in [6, 6.07) is 0. The van der Waals surface area contributed by atoms with E-state index in [1.807, 2.05) is 0 Å². The van der Waals surface area contributed by atoms with Crippen LogP contribution in [0.3, 0.4) is 0 Å². The molecule has 0 aliphatic heterocycles. The Morgan fingerprint density at radius 3 is 1.19 bits per heavy atom. The maximum atomic E-state index is 9.95. The SMILES string of the molecule is O=C(OS(=O)(=O)O)OS(=O)(=O)O.[Ca+2].[Ca+2].[H-].[H-].[H-].[H-].[H-].[H-].[H-].[H-].[Sr+2].[Sr+2]. The van der Waals surface area contributed by atoms with E-state index in [2.05, 4.69) is 8.37 Å². The van der Waals surface area contributed by atoms with Crippen LogP contribution in [-0.2, 0) is 29.2 Å². The maximum absolute atomic E-state index is 9.95. The summed E-state index contributed by atoms with van der Waals surface area (Å²) in [4.78, 5) is 9.95. The van der Waals surface area contributed by atoms with Crippen LogP contribution in [0.25, 0.3) is 0 Å². The Hall–Kier alpha value is 4.57. The molecule has 0 heterocycles. The molecule has 15 heteroatoms.